The largest absolute Gasteiger partial charge is 0.472 e. The molecule has 1 aromatic rings. The number of ether oxygens (including phenoxy) is 1. The lowest BCUT2D eigenvalue weighted by molar-refractivity contribution is 0.126. The van der Waals surface area contributed by atoms with Crippen LogP contribution in [0, 0.1) is 0 Å². The highest BCUT2D eigenvalue weighted by atomic mass is 32.2. The molecule has 2 heterocycles. The average Bonchev–Trinajstić information content (AvgIpc) is 2.54. The Morgan fingerprint density at radius 1 is 1.36 bits per heavy atom. The van der Waals surface area contributed by atoms with Crippen molar-refractivity contribution in [1.29, 1.82) is 0 Å². The van der Waals surface area contributed by atoms with E-state index < -0.39 is 0 Å². The average molecular weight is 322 g/mol. The lowest BCUT2D eigenvalue weighted by Gasteiger charge is -2.30. The zero-order chi connectivity index (χ0) is 15.8. The van der Waals surface area contributed by atoms with E-state index in [1.807, 2.05) is 49.0 Å². The minimum Gasteiger partial charge on any atom is -0.472 e. The summed E-state index contributed by atoms with van der Waals surface area (Å²) < 4.78 is 6.07. The second-order valence-corrected chi connectivity index (χ2v) is 6.87. The molecule has 5 nitrogen and oxygen atoms in total. The van der Waals surface area contributed by atoms with Gasteiger partial charge < -0.3 is 9.64 Å². The van der Waals surface area contributed by atoms with Gasteiger partial charge in [-0.15, -0.1) is 16.8 Å². The summed E-state index contributed by atoms with van der Waals surface area (Å²) >= 11 is 2.03. The van der Waals surface area contributed by atoms with E-state index >= 15 is 0 Å². The Balaban J connectivity index is 1.93. The van der Waals surface area contributed by atoms with Gasteiger partial charge in [0.05, 0.1) is 0 Å². The standard InChI is InChI=1S/C16H26N4OS/c1-4-5-6-14(13-20-9-11-22-12-10-20)21-16-8-7-15(17-18-16)19(2)3/h4,7-8,14H,1,5-6,9-13H2,2-3H3/t14-/m1/s1. The molecule has 22 heavy (non-hydrogen) atoms. The van der Waals surface area contributed by atoms with Crippen LogP contribution in [0.1, 0.15) is 12.8 Å². The number of thioether (sulfide) groups is 1. The first-order valence-electron chi connectivity index (χ1n) is 7.77. The quantitative estimate of drug-likeness (QED) is 0.684. The molecule has 0 spiro atoms. The van der Waals surface area contributed by atoms with Crippen LogP contribution >= 0.6 is 11.8 Å². The topological polar surface area (TPSA) is 41.5 Å². The van der Waals surface area contributed by atoms with E-state index in [1.54, 1.807) is 0 Å². The third-order valence-electron chi connectivity index (χ3n) is 3.63. The van der Waals surface area contributed by atoms with Crippen LogP contribution < -0.4 is 9.64 Å². The van der Waals surface area contributed by atoms with Crippen molar-refractivity contribution in [3.05, 3.63) is 24.8 Å². The molecule has 1 aromatic heterocycles. The molecule has 0 N–H and O–H groups in total. The highest BCUT2D eigenvalue weighted by Crippen LogP contribution is 2.16. The SMILES string of the molecule is C=CCC[C@H](CN1CCSCC1)Oc1ccc(N(C)C)nn1. The van der Waals surface area contributed by atoms with Gasteiger partial charge in [0.25, 0.3) is 0 Å². The van der Waals surface area contributed by atoms with Crippen molar-refractivity contribution in [3.63, 3.8) is 0 Å². The molecule has 0 aromatic carbocycles. The number of hydrogen-bond acceptors (Lipinski definition) is 6. The summed E-state index contributed by atoms with van der Waals surface area (Å²) in [5.74, 6) is 3.87. The minimum atomic E-state index is 0.139. The third kappa shape index (κ3) is 5.50. The first kappa shape index (κ1) is 17.1. The minimum absolute atomic E-state index is 0.139. The molecule has 0 amide bonds. The van der Waals surface area contributed by atoms with Gasteiger partial charge in [-0.2, -0.15) is 11.8 Å². The van der Waals surface area contributed by atoms with E-state index in [0.29, 0.717) is 5.88 Å². The lowest BCUT2D eigenvalue weighted by atomic mass is 10.2. The Morgan fingerprint density at radius 3 is 2.73 bits per heavy atom. The molecule has 6 heteroatoms. The van der Waals surface area contributed by atoms with Crippen molar-refractivity contribution < 1.29 is 4.74 Å². The summed E-state index contributed by atoms with van der Waals surface area (Å²) in [6.07, 6.45) is 4.00. The molecule has 2 rings (SSSR count). The predicted octanol–water partition coefficient (Wildman–Crippen LogP) is 2.31. The number of aromatic nitrogens is 2. The molecule has 1 fully saturated rings. The molecule has 1 saturated heterocycles. The molecule has 0 radical (unpaired) electrons. The number of anilines is 1. The molecule has 1 aliphatic heterocycles. The summed E-state index contributed by atoms with van der Waals surface area (Å²) in [4.78, 5) is 4.41. The van der Waals surface area contributed by atoms with Crippen LogP contribution in [0.4, 0.5) is 5.82 Å². The maximum atomic E-state index is 6.07. The van der Waals surface area contributed by atoms with Crippen LogP contribution in [0.25, 0.3) is 0 Å². The molecular weight excluding hydrogens is 296 g/mol. The first-order chi connectivity index (χ1) is 10.7. The fraction of sp³-hybridized carbons (Fsp3) is 0.625. The highest BCUT2D eigenvalue weighted by molar-refractivity contribution is 7.99. The van der Waals surface area contributed by atoms with E-state index in [2.05, 4.69) is 21.7 Å². The van der Waals surface area contributed by atoms with Gasteiger partial charge in [-0.25, -0.2) is 0 Å². The normalized spacial score (nSPS) is 17.0. The predicted molar refractivity (Wildman–Crippen MR) is 94.0 cm³/mol. The van der Waals surface area contributed by atoms with Gasteiger partial charge in [0, 0.05) is 51.3 Å². The number of allylic oxidation sites excluding steroid dienone is 1. The first-order valence-corrected chi connectivity index (χ1v) is 8.93. The van der Waals surface area contributed by atoms with Crippen LogP contribution in [0.3, 0.4) is 0 Å². The van der Waals surface area contributed by atoms with Crippen LogP contribution in [0.2, 0.25) is 0 Å². The van der Waals surface area contributed by atoms with Gasteiger partial charge in [0.15, 0.2) is 5.82 Å². The van der Waals surface area contributed by atoms with Crippen molar-refractivity contribution in [2.45, 2.75) is 18.9 Å². The van der Waals surface area contributed by atoms with Crippen LogP contribution in [0.5, 0.6) is 5.88 Å². The van der Waals surface area contributed by atoms with E-state index in [9.17, 15) is 0 Å². The number of hydrogen-bond donors (Lipinski definition) is 0. The van der Waals surface area contributed by atoms with E-state index in [0.717, 1.165) is 38.3 Å². The Labute approximate surface area is 137 Å². The van der Waals surface area contributed by atoms with Gasteiger partial charge in [0.2, 0.25) is 5.88 Å². The van der Waals surface area contributed by atoms with E-state index in [4.69, 9.17) is 4.74 Å². The van der Waals surface area contributed by atoms with Crippen LogP contribution in [0.15, 0.2) is 24.8 Å². The zero-order valence-electron chi connectivity index (χ0n) is 13.6. The second-order valence-electron chi connectivity index (χ2n) is 5.64. The van der Waals surface area contributed by atoms with Gasteiger partial charge in [0.1, 0.15) is 6.10 Å². The highest BCUT2D eigenvalue weighted by Gasteiger charge is 2.18. The maximum Gasteiger partial charge on any atom is 0.233 e. The fourth-order valence-electron chi connectivity index (χ4n) is 2.35. The lowest BCUT2D eigenvalue weighted by Crippen LogP contribution is -2.40. The summed E-state index contributed by atoms with van der Waals surface area (Å²) in [6, 6.07) is 3.83. The van der Waals surface area contributed by atoms with Crippen LogP contribution in [-0.2, 0) is 0 Å². The molecule has 0 unspecified atom stereocenters. The molecule has 1 aliphatic rings. The van der Waals surface area contributed by atoms with Crippen molar-refractivity contribution in [2.24, 2.45) is 0 Å². The van der Waals surface area contributed by atoms with E-state index in [-0.39, 0.29) is 6.10 Å². The smallest absolute Gasteiger partial charge is 0.233 e. The second kappa shape index (κ2) is 9.00. The van der Waals surface area contributed by atoms with E-state index in [1.165, 1.54) is 11.5 Å². The Morgan fingerprint density at radius 2 is 2.14 bits per heavy atom. The van der Waals surface area contributed by atoms with Gasteiger partial charge in [-0.1, -0.05) is 6.08 Å². The molecular formula is C16H26N4OS. The van der Waals surface area contributed by atoms with Gasteiger partial charge in [-0.3, -0.25) is 4.90 Å². The summed E-state index contributed by atoms with van der Waals surface area (Å²) in [5, 5.41) is 8.35. The van der Waals surface area contributed by atoms with Crippen molar-refractivity contribution in [3.8, 4) is 5.88 Å². The summed E-state index contributed by atoms with van der Waals surface area (Å²) in [6.45, 7) is 7.05. The van der Waals surface area contributed by atoms with Gasteiger partial charge >= 0.3 is 0 Å². The Hall–Kier alpha value is -1.27. The zero-order valence-corrected chi connectivity index (χ0v) is 14.4. The Bertz CT molecular complexity index is 446. The number of nitrogens with zero attached hydrogens (tertiary/aromatic N) is 4. The summed E-state index contributed by atoms with van der Waals surface area (Å²) in [5.41, 5.74) is 0. The summed E-state index contributed by atoms with van der Waals surface area (Å²) in [7, 11) is 3.90. The van der Waals surface area contributed by atoms with Gasteiger partial charge in [-0.05, 0) is 18.9 Å². The Kier molecular flexibility index (Phi) is 6.99. The maximum absolute atomic E-state index is 6.07. The van der Waals surface area contributed by atoms with Crippen molar-refractivity contribution in [1.82, 2.24) is 15.1 Å². The molecule has 1 atom stereocenters. The number of rotatable bonds is 8. The molecule has 122 valence electrons. The third-order valence-corrected chi connectivity index (χ3v) is 4.57. The molecule has 0 bridgehead atoms. The molecule has 0 saturated carbocycles. The molecule has 0 aliphatic carbocycles. The van der Waals surface area contributed by atoms with Crippen molar-refractivity contribution in [2.75, 3.05) is 50.1 Å². The van der Waals surface area contributed by atoms with Crippen molar-refractivity contribution >= 4 is 17.6 Å². The fourth-order valence-corrected chi connectivity index (χ4v) is 3.33. The van der Waals surface area contributed by atoms with Crippen LogP contribution in [-0.4, -0.2) is 66.4 Å². The monoisotopic (exact) mass is 322 g/mol.